The Morgan fingerprint density at radius 1 is 1.19 bits per heavy atom. The molecule has 0 saturated carbocycles. The number of nitrogens with zero attached hydrogens (tertiary/aromatic N) is 2. The Hall–Kier alpha value is -2.20. The van der Waals surface area contributed by atoms with E-state index in [2.05, 4.69) is 22.0 Å². The Balaban J connectivity index is 2.28. The lowest BCUT2D eigenvalue weighted by molar-refractivity contribution is 1.13. The number of aromatic nitrogens is 1. The number of allylic oxidation sites excluding steroid dienone is 1. The zero-order valence-electron chi connectivity index (χ0n) is 12.3. The van der Waals surface area contributed by atoms with Crippen LogP contribution in [0.4, 0.5) is 5.69 Å². The van der Waals surface area contributed by atoms with Crippen molar-refractivity contribution in [1.29, 1.82) is 0 Å². The molecular weight excluding hydrogens is 280 g/mol. The summed E-state index contributed by atoms with van der Waals surface area (Å²) < 4.78 is 1.09. The first-order valence-corrected chi connectivity index (χ1v) is 7.59. The Kier molecular flexibility index (Phi) is 3.47. The van der Waals surface area contributed by atoms with Gasteiger partial charge in [0.15, 0.2) is 5.43 Å². The van der Waals surface area contributed by atoms with Gasteiger partial charge in [-0.05, 0) is 31.2 Å². The van der Waals surface area contributed by atoms with Gasteiger partial charge in [-0.3, -0.25) is 4.79 Å². The van der Waals surface area contributed by atoms with E-state index < -0.39 is 0 Å². The van der Waals surface area contributed by atoms with Gasteiger partial charge in [-0.1, -0.05) is 12.2 Å². The van der Waals surface area contributed by atoms with Gasteiger partial charge in [0.05, 0.1) is 20.8 Å². The molecule has 0 saturated heterocycles. The third-order valence-electron chi connectivity index (χ3n) is 3.36. The van der Waals surface area contributed by atoms with Gasteiger partial charge in [-0.25, -0.2) is 4.98 Å². The van der Waals surface area contributed by atoms with Crippen LogP contribution >= 0.6 is 11.3 Å². The number of hydrogen-bond acceptors (Lipinski definition) is 4. The Morgan fingerprint density at radius 3 is 2.71 bits per heavy atom. The van der Waals surface area contributed by atoms with Gasteiger partial charge in [0.25, 0.3) is 0 Å². The van der Waals surface area contributed by atoms with Gasteiger partial charge < -0.3 is 4.90 Å². The maximum atomic E-state index is 12.1. The van der Waals surface area contributed by atoms with Crippen LogP contribution in [0, 0.1) is 0 Å². The minimum atomic E-state index is 0.0433. The largest absolute Gasteiger partial charge is 0.378 e. The number of anilines is 1. The summed E-state index contributed by atoms with van der Waals surface area (Å²) >= 11 is 1.61. The first-order valence-electron chi connectivity index (χ1n) is 6.77. The summed E-state index contributed by atoms with van der Waals surface area (Å²) in [7, 11) is 4.03. The Morgan fingerprint density at radius 2 is 2.00 bits per heavy atom. The van der Waals surface area contributed by atoms with Gasteiger partial charge in [0.2, 0.25) is 0 Å². The van der Waals surface area contributed by atoms with E-state index in [4.69, 9.17) is 0 Å². The molecular formula is C17H16N2OS. The normalized spacial score (nSPS) is 11.6. The van der Waals surface area contributed by atoms with E-state index >= 15 is 0 Å². The zero-order chi connectivity index (χ0) is 15.0. The third-order valence-corrected chi connectivity index (χ3v) is 4.45. The van der Waals surface area contributed by atoms with E-state index in [-0.39, 0.29) is 5.43 Å². The first-order chi connectivity index (χ1) is 10.1. The van der Waals surface area contributed by atoms with Crippen molar-refractivity contribution in [2.75, 3.05) is 19.0 Å². The van der Waals surface area contributed by atoms with E-state index in [9.17, 15) is 4.79 Å². The summed E-state index contributed by atoms with van der Waals surface area (Å²) in [6.07, 6.45) is 3.70. The molecule has 0 amide bonds. The van der Waals surface area contributed by atoms with Crippen LogP contribution in [0.25, 0.3) is 26.9 Å². The van der Waals surface area contributed by atoms with Crippen LogP contribution in [0.2, 0.25) is 0 Å². The quantitative estimate of drug-likeness (QED) is 0.673. The molecule has 4 heteroatoms. The van der Waals surface area contributed by atoms with Crippen molar-refractivity contribution in [2.24, 2.45) is 0 Å². The monoisotopic (exact) mass is 296 g/mol. The van der Waals surface area contributed by atoms with Crippen molar-refractivity contribution in [3.05, 3.63) is 52.2 Å². The van der Waals surface area contributed by atoms with E-state index in [0.29, 0.717) is 5.56 Å². The van der Waals surface area contributed by atoms with Crippen LogP contribution in [0.5, 0.6) is 0 Å². The second-order valence-electron chi connectivity index (χ2n) is 5.12. The third kappa shape index (κ3) is 2.54. The molecule has 106 valence electrons. The Labute approximate surface area is 127 Å². The molecule has 1 aromatic rings. The smallest absolute Gasteiger partial charge is 0.187 e. The number of hydrogen-bond donors (Lipinski definition) is 0. The number of fused-ring (bicyclic) bond motifs is 2. The van der Waals surface area contributed by atoms with E-state index in [1.165, 1.54) is 0 Å². The van der Waals surface area contributed by atoms with Crippen molar-refractivity contribution in [3.63, 3.8) is 0 Å². The molecule has 0 fully saturated rings. The number of rotatable bonds is 2. The van der Waals surface area contributed by atoms with Crippen LogP contribution < -0.4 is 10.3 Å². The van der Waals surface area contributed by atoms with Gasteiger partial charge in [0.1, 0.15) is 0 Å². The highest BCUT2D eigenvalue weighted by molar-refractivity contribution is 7.21. The van der Waals surface area contributed by atoms with Crippen molar-refractivity contribution >= 4 is 33.3 Å². The fraction of sp³-hybridized carbons (Fsp3) is 0.176. The fourth-order valence-electron chi connectivity index (χ4n) is 2.25. The number of benzene rings is 2. The molecule has 1 heterocycles. The minimum absolute atomic E-state index is 0.0433. The van der Waals surface area contributed by atoms with Crippen molar-refractivity contribution in [3.8, 4) is 10.6 Å². The highest BCUT2D eigenvalue weighted by Gasteiger charge is 2.10. The average Bonchev–Trinajstić information content (AvgIpc) is 2.45. The molecule has 0 N–H and O–H groups in total. The van der Waals surface area contributed by atoms with Crippen LogP contribution in [0.1, 0.15) is 12.5 Å². The predicted molar refractivity (Wildman–Crippen MR) is 91.5 cm³/mol. The van der Waals surface area contributed by atoms with E-state index in [1.807, 2.05) is 45.3 Å². The molecule has 1 aliphatic carbocycles. The van der Waals surface area contributed by atoms with Crippen LogP contribution in [0.15, 0.2) is 41.2 Å². The van der Waals surface area contributed by atoms with E-state index in [1.54, 1.807) is 17.4 Å². The molecule has 0 unspecified atom stereocenters. The van der Waals surface area contributed by atoms with Crippen molar-refractivity contribution < 1.29 is 0 Å². The molecule has 0 atom stereocenters. The molecule has 0 radical (unpaired) electrons. The van der Waals surface area contributed by atoms with Gasteiger partial charge in [0, 0.05) is 31.4 Å². The summed E-state index contributed by atoms with van der Waals surface area (Å²) in [5.41, 5.74) is 3.70. The van der Waals surface area contributed by atoms with Crippen molar-refractivity contribution in [1.82, 2.24) is 4.98 Å². The Bertz CT molecular complexity index is 864. The van der Waals surface area contributed by atoms with Crippen LogP contribution in [-0.2, 0) is 0 Å². The van der Waals surface area contributed by atoms with Crippen molar-refractivity contribution in [2.45, 2.75) is 6.92 Å². The molecule has 0 aromatic heterocycles. The topological polar surface area (TPSA) is 33.2 Å². The summed E-state index contributed by atoms with van der Waals surface area (Å²) in [6.45, 7) is 1.91. The lowest BCUT2D eigenvalue weighted by Gasteiger charge is -2.13. The highest BCUT2D eigenvalue weighted by Crippen LogP contribution is 2.32. The van der Waals surface area contributed by atoms with Crippen LogP contribution in [0.3, 0.4) is 0 Å². The minimum Gasteiger partial charge on any atom is -0.378 e. The molecule has 2 aliphatic rings. The second-order valence-corrected chi connectivity index (χ2v) is 6.20. The second kappa shape index (κ2) is 5.30. The molecule has 0 bridgehead atoms. The van der Waals surface area contributed by atoms with Gasteiger partial charge in [-0.15, -0.1) is 11.3 Å². The maximum Gasteiger partial charge on any atom is 0.187 e. The molecule has 1 aromatic carbocycles. The zero-order valence-corrected chi connectivity index (χ0v) is 13.1. The summed E-state index contributed by atoms with van der Waals surface area (Å²) in [4.78, 5) is 19.7. The average molecular weight is 296 g/mol. The highest BCUT2D eigenvalue weighted by atomic mass is 32.1. The standard InChI is InChI=1S/C17H16N2OS/c1-4-5-11-8-14-17(10-15(11)20)21-16-9-12(19(2)3)6-7-13(16)18-14/h4-10H,1-3H3/b5-4+. The van der Waals surface area contributed by atoms with Gasteiger partial charge >= 0.3 is 0 Å². The summed E-state index contributed by atoms with van der Waals surface area (Å²) in [5.74, 6) is 0. The first kappa shape index (κ1) is 13.8. The van der Waals surface area contributed by atoms with Gasteiger partial charge in [-0.2, -0.15) is 0 Å². The molecule has 3 nitrogen and oxygen atoms in total. The van der Waals surface area contributed by atoms with Crippen LogP contribution in [-0.4, -0.2) is 19.1 Å². The molecule has 21 heavy (non-hydrogen) atoms. The fourth-order valence-corrected chi connectivity index (χ4v) is 3.26. The SMILES string of the molecule is C/C=C/c1cc2nc3ccc(N(C)C)cc3sc-2cc1=O. The summed E-state index contributed by atoms with van der Waals surface area (Å²) in [5, 5.41) is 0. The predicted octanol–water partition coefficient (Wildman–Crippen LogP) is 3.86. The molecule has 1 aliphatic heterocycles. The molecule has 0 spiro atoms. The molecule has 3 rings (SSSR count). The lowest BCUT2D eigenvalue weighted by atomic mass is 10.1. The van der Waals surface area contributed by atoms with E-state index in [0.717, 1.165) is 26.5 Å². The summed E-state index contributed by atoms with van der Waals surface area (Å²) in [6, 6.07) is 9.75. The lowest BCUT2D eigenvalue weighted by Crippen LogP contribution is -2.08. The maximum absolute atomic E-state index is 12.1.